The molecule has 0 bridgehead atoms. The largest absolute Gasteiger partial charge is 0.340 e. The smallest absolute Gasteiger partial charge is 0.207 e. The van der Waals surface area contributed by atoms with Crippen molar-refractivity contribution in [3.8, 4) is 0 Å². The quantitative estimate of drug-likeness (QED) is 0.753. The topological polar surface area (TPSA) is 72.9 Å². The Balaban J connectivity index is 1.81. The highest BCUT2D eigenvalue weighted by atomic mass is 32.1. The molecule has 0 amide bonds. The number of anilines is 1. The third kappa shape index (κ3) is 3.03. The van der Waals surface area contributed by atoms with Crippen LogP contribution in [0, 0.1) is 18.6 Å². The maximum atomic E-state index is 13.8. The molecule has 0 radical (unpaired) electrons. The van der Waals surface area contributed by atoms with E-state index in [1.807, 2.05) is 11.8 Å². The Morgan fingerprint density at radius 1 is 1.27 bits per heavy atom. The van der Waals surface area contributed by atoms with Crippen molar-refractivity contribution in [3.63, 3.8) is 0 Å². The van der Waals surface area contributed by atoms with Crippen molar-refractivity contribution in [2.24, 2.45) is 5.73 Å². The highest BCUT2D eigenvalue weighted by Crippen LogP contribution is 2.28. The monoisotopic (exact) mass is 382 g/mol. The van der Waals surface area contributed by atoms with E-state index in [4.69, 9.17) is 5.73 Å². The van der Waals surface area contributed by atoms with Crippen molar-refractivity contribution < 1.29 is 13.2 Å². The van der Waals surface area contributed by atoms with E-state index < -0.39 is 23.8 Å². The molecule has 26 heavy (non-hydrogen) atoms. The highest BCUT2D eigenvalue weighted by molar-refractivity contribution is 7.11. The molecule has 138 valence electrons. The lowest BCUT2D eigenvalue weighted by Gasteiger charge is -2.34. The molecule has 3 aromatic rings. The normalized spacial score (nSPS) is 20.9. The Hall–Kier alpha value is -2.20. The van der Waals surface area contributed by atoms with Crippen LogP contribution in [0.2, 0.25) is 0 Å². The Bertz CT molecular complexity index is 955. The molecule has 0 saturated carbocycles. The van der Waals surface area contributed by atoms with Crippen molar-refractivity contribution in [3.05, 3.63) is 33.8 Å². The molecule has 3 heterocycles. The zero-order valence-corrected chi connectivity index (χ0v) is 14.8. The van der Waals surface area contributed by atoms with Crippen molar-refractivity contribution >= 4 is 28.3 Å². The van der Waals surface area contributed by atoms with E-state index in [9.17, 15) is 13.2 Å². The molecule has 1 aliphatic heterocycles. The minimum Gasteiger partial charge on any atom is -0.340 e. The molecule has 1 fully saturated rings. The number of alkyl halides is 1. The Labute approximate surface area is 151 Å². The van der Waals surface area contributed by atoms with Crippen LogP contribution in [0.4, 0.5) is 19.1 Å². The van der Waals surface area contributed by atoms with E-state index in [0.717, 1.165) is 22.1 Å². The fourth-order valence-electron chi connectivity index (χ4n) is 3.18. The lowest BCUT2D eigenvalue weighted by atomic mass is 10.1. The van der Waals surface area contributed by atoms with Gasteiger partial charge >= 0.3 is 0 Å². The lowest BCUT2D eigenvalue weighted by molar-refractivity contribution is 0.243. The predicted octanol–water partition coefficient (Wildman–Crippen LogP) is 2.40. The second kappa shape index (κ2) is 6.51. The van der Waals surface area contributed by atoms with Gasteiger partial charge in [0.1, 0.15) is 16.2 Å². The summed E-state index contributed by atoms with van der Waals surface area (Å²) in [5.41, 5.74) is 6.64. The number of halogens is 3. The number of benzene rings is 1. The summed E-state index contributed by atoms with van der Waals surface area (Å²) in [6.07, 6.45) is -0.782. The van der Waals surface area contributed by atoms with Crippen molar-refractivity contribution in [2.45, 2.75) is 32.1 Å². The van der Waals surface area contributed by atoms with E-state index >= 15 is 0 Å². The average Bonchev–Trinajstić information content (AvgIpc) is 3.15. The summed E-state index contributed by atoms with van der Waals surface area (Å²) in [4.78, 5) is 6.31. The summed E-state index contributed by atoms with van der Waals surface area (Å²) in [5.74, 6) is -1.40. The van der Waals surface area contributed by atoms with E-state index in [1.54, 1.807) is 4.57 Å². The first kappa shape index (κ1) is 17.2. The fourth-order valence-corrected chi connectivity index (χ4v) is 3.87. The number of imidazole rings is 1. The molecule has 1 unspecified atom stereocenters. The molecule has 4 rings (SSSR count). The van der Waals surface area contributed by atoms with Gasteiger partial charge in [-0.15, -0.1) is 10.2 Å². The van der Waals surface area contributed by atoms with Crippen molar-refractivity contribution in [1.29, 1.82) is 0 Å². The van der Waals surface area contributed by atoms with Gasteiger partial charge in [0.05, 0.1) is 23.6 Å². The molecular weight excluding hydrogens is 365 g/mol. The zero-order valence-electron chi connectivity index (χ0n) is 14.0. The SMILES string of the molecule is Cc1nnc(Cn2c(N3CCC(F)[C@H](N)C3)nc3cc(F)c(F)cc32)s1. The summed E-state index contributed by atoms with van der Waals surface area (Å²) in [5, 5.41) is 9.62. The first-order valence-corrected chi connectivity index (χ1v) is 9.03. The molecule has 10 heteroatoms. The Kier molecular flexibility index (Phi) is 4.31. The molecule has 2 aromatic heterocycles. The van der Waals surface area contributed by atoms with Crippen LogP contribution in [0.1, 0.15) is 16.4 Å². The minimum absolute atomic E-state index is 0.282. The van der Waals surface area contributed by atoms with Crippen LogP contribution in [0.15, 0.2) is 12.1 Å². The van der Waals surface area contributed by atoms with Crippen LogP contribution in [0.25, 0.3) is 11.0 Å². The standard InChI is InChI=1S/C16H17F3N6S/c1-8-22-23-15(26-8)7-25-14-5-11(19)10(18)4-13(14)21-16(25)24-3-2-9(17)12(20)6-24/h4-5,9,12H,2-3,6-7,20H2,1H3/t9?,12-/m1/s1. The summed E-state index contributed by atoms with van der Waals surface area (Å²) in [6, 6.07) is 1.56. The molecular formula is C16H17F3N6S. The van der Waals surface area contributed by atoms with Crippen LogP contribution in [0.5, 0.6) is 0 Å². The van der Waals surface area contributed by atoms with E-state index in [0.29, 0.717) is 30.1 Å². The van der Waals surface area contributed by atoms with Crippen LogP contribution >= 0.6 is 11.3 Å². The lowest BCUT2D eigenvalue weighted by Crippen LogP contribution is -2.50. The molecule has 1 saturated heterocycles. The number of nitrogens with two attached hydrogens (primary N) is 1. The highest BCUT2D eigenvalue weighted by Gasteiger charge is 2.29. The van der Waals surface area contributed by atoms with Gasteiger partial charge in [-0.2, -0.15) is 0 Å². The molecule has 2 atom stereocenters. The summed E-state index contributed by atoms with van der Waals surface area (Å²) >= 11 is 1.42. The number of aromatic nitrogens is 4. The first-order chi connectivity index (χ1) is 12.4. The number of piperidine rings is 1. The Morgan fingerprint density at radius 2 is 2.04 bits per heavy atom. The van der Waals surface area contributed by atoms with Crippen LogP contribution in [-0.2, 0) is 6.54 Å². The molecule has 1 aliphatic rings. The minimum atomic E-state index is -1.07. The number of rotatable bonds is 3. The van der Waals surface area contributed by atoms with Gasteiger partial charge in [-0.1, -0.05) is 11.3 Å². The van der Waals surface area contributed by atoms with Crippen molar-refractivity contribution in [2.75, 3.05) is 18.0 Å². The van der Waals surface area contributed by atoms with Gasteiger partial charge < -0.3 is 15.2 Å². The maximum Gasteiger partial charge on any atom is 0.207 e. The predicted molar refractivity (Wildman–Crippen MR) is 93.1 cm³/mol. The summed E-state index contributed by atoms with van der Waals surface area (Å²) in [6.45, 7) is 2.87. The number of nitrogens with zero attached hydrogens (tertiary/aromatic N) is 5. The number of fused-ring (bicyclic) bond motifs is 1. The van der Waals surface area contributed by atoms with Gasteiger partial charge in [-0.25, -0.2) is 18.2 Å². The second-order valence-corrected chi connectivity index (χ2v) is 7.65. The van der Waals surface area contributed by atoms with E-state index in [2.05, 4.69) is 15.2 Å². The molecule has 0 spiro atoms. The van der Waals surface area contributed by atoms with Gasteiger partial charge in [-0.3, -0.25) is 0 Å². The van der Waals surface area contributed by atoms with Gasteiger partial charge in [0, 0.05) is 25.2 Å². The van der Waals surface area contributed by atoms with Gasteiger partial charge in [0.25, 0.3) is 0 Å². The number of hydrogen-bond donors (Lipinski definition) is 1. The number of hydrogen-bond acceptors (Lipinski definition) is 6. The van der Waals surface area contributed by atoms with E-state index in [1.165, 1.54) is 11.3 Å². The molecule has 1 aromatic carbocycles. The molecule has 0 aliphatic carbocycles. The third-order valence-corrected chi connectivity index (χ3v) is 5.31. The van der Waals surface area contributed by atoms with Gasteiger partial charge in [-0.05, 0) is 13.3 Å². The Morgan fingerprint density at radius 3 is 2.73 bits per heavy atom. The van der Waals surface area contributed by atoms with Crippen LogP contribution in [-0.4, -0.2) is 45.1 Å². The molecule has 6 nitrogen and oxygen atoms in total. The fraction of sp³-hybridized carbons (Fsp3) is 0.438. The van der Waals surface area contributed by atoms with Crippen molar-refractivity contribution in [1.82, 2.24) is 19.7 Å². The summed E-state index contributed by atoms with van der Waals surface area (Å²) < 4.78 is 42.9. The molecule has 2 N–H and O–H groups in total. The average molecular weight is 382 g/mol. The van der Waals surface area contributed by atoms with Gasteiger partial charge in [0.15, 0.2) is 11.6 Å². The van der Waals surface area contributed by atoms with Gasteiger partial charge in [0.2, 0.25) is 5.95 Å². The second-order valence-electron chi connectivity index (χ2n) is 6.38. The third-order valence-electron chi connectivity index (χ3n) is 4.48. The zero-order chi connectivity index (χ0) is 18.4. The summed E-state index contributed by atoms with van der Waals surface area (Å²) in [7, 11) is 0. The first-order valence-electron chi connectivity index (χ1n) is 8.21. The van der Waals surface area contributed by atoms with E-state index in [-0.39, 0.29) is 13.0 Å². The van der Waals surface area contributed by atoms with Crippen LogP contribution < -0.4 is 10.6 Å². The van der Waals surface area contributed by atoms with Crippen LogP contribution in [0.3, 0.4) is 0 Å². The maximum absolute atomic E-state index is 13.8. The number of aryl methyl sites for hydroxylation is 1.